The van der Waals surface area contributed by atoms with Gasteiger partial charge in [0, 0.05) is 5.69 Å². The Balaban J connectivity index is 2.44. The van der Waals surface area contributed by atoms with Crippen molar-refractivity contribution in [3.05, 3.63) is 58.6 Å². The van der Waals surface area contributed by atoms with Gasteiger partial charge in [0.1, 0.15) is 4.90 Å². The van der Waals surface area contributed by atoms with E-state index in [0.29, 0.717) is 12.1 Å². The molecule has 0 amide bonds. The summed E-state index contributed by atoms with van der Waals surface area (Å²) in [5, 5.41) is 10.4. The molecule has 1 N–H and O–H groups in total. The minimum atomic E-state index is -4.75. The molecule has 10 heteroatoms. The molecule has 0 spiro atoms. The second-order valence-corrected chi connectivity index (χ2v) is 6.67. The molecule has 0 fully saturated rings. The van der Waals surface area contributed by atoms with Gasteiger partial charge in [-0.15, -0.1) is 0 Å². The largest absolute Gasteiger partial charge is 0.545 e. The summed E-state index contributed by atoms with van der Waals surface area (Å²) in [6, 6.07) is 6.48. The lowest BCUT2D eigenvalue weighted by Gasteiger charge is -2.13. The van der Waals surface area contributed by atoms with Crippen molar-refractivity contribution >= 4 is 33.3 Å². The molecule has 0 aliphatic heterocycles. The zero-order valence-electron chi connectivity index (χ0n) is 11.6. The number of alkyl halides is 3. The lowest BCUT2D eigenvalue weighted by Crippen LogP contribution is -2.22. The number of carbonyl (C=O) groups excluding carboxylic acids is 1. The Morgan fingerprint density at radius 1 is 1.12 bits per heavy atom. The maximum absolute atomic E-state index is 12.7. The zero-order valence-corrected chi connectivity index (χ0v) is 13.2. The predicted molar refractivity (Wildman–Crippen MR) is 78.0 cm³/mol. The number of carboxylic acid groups (broad SMARTS) is 1. The van der Waals surface area contributed by atoms with Crippen molar-refractivity contribution in [3.63, 3.8) is 0 Å². The Hall–Kier alpha value is -2.26. The fourth-order valence-electron chi connectivity index (χ4n) is 1.81. The highest BCUT2D eigenvalue weighted by Crippen LogP contribution is 2.34. The van der Waals surface area contributed by atoms with Gasteiger partial charge in [-0.25, -0.2) is 8.42 Å². The van der Waals surface area contributed by atoms with Crippen LogP contribution in [-0.4, -0.2) is 14.4 Å². The Morgan fingerprint density at radius 3 is 2.38 bits per heavy atom. The average Bonchev–Trinajstić information content (AvgIpc) is 2.46. The molecular weight excluding hydrogens is 371 g/mol. The Labute approximate surface area is 139 Å². The first kappa shape index (κ1) is 18.1. The minimum absolute atomic E-state index is 0.162. The van der Waals surface area contributed by atoms with Crippen LogP contribution in [0.5, 0.6) is 0 Å². The molecule has 2 aromatic rings. The van der Waals surface area contributed by atoms with Crippen molar-refractivity contribution in [1.82, 2.24) is 0 Å². The lowest BCUT2D eigenvalue weighted by atomic mass is 10.2. The van der Waals surface area contributed by atoms with Crippen LogP contribution in [0.2, 0.25) is 5.02 Å². The van der Waals surface area contributed by atoms with Crippen LogP contribution < -0.4 is 9.83 Å². The van der Waals surface area contributed by atoms with E-state index in [9.17, 15) is 31.5 Å². The minimum Gasteiger partial charge on any atom is -0.545 e. The van der Waals surface area contributed by atoms with Crippen LogP contribution in [0.4, 0.5) is 18.9 Å². The molecule has 0 atom stereocenters. The number of anilines is 1. The van der Waals surface area contributed by atoms with Gasteiger partial charge in [0.05, 0.1) is 16.6 Å². The number of nitrogens with one attached hydrogen (secondary N) is 1. The number of carboxylic acids is 1. The van der Waals surface area contributed by atoms with E-state index >= 15 is 0 Å². The molecule has 0 unspecified atom stereocenters. The fourth-order valence-corrected chi connectivity index (χ4v) is 3.38. The first-order chi connectivity index (χ1) is 11.0. The number of sulfonamides is 1. The molecule has 0 saturated heterocycles. The molecule has 0 aromatic heterocycles. The average molecular weight is 379 g/mol. The zero-order chi connectivity index (χ0) is 18.1. The van der Waals surface area contributed by atoms with Gasteiger partial charge in [0.2, 0.25) is 0 Å². The van der Waals surface area contributed by atoms with E-state index < -0.39 is 37.7 Å². The van der Waals surface area contributed by atoms with Crippen molar-refractivity contribution in [2.45, 2.75) is 11.1 Å². The standard InChI is InChI=1S/C14H9ClF3NO4S/c15-11-5-4-9(14(16,17)18)7-12(11)24(22,23)19-10-3-1-2-8(6-10)13(20)21/h1-7,19H,(H,20,21)/p-1. The molecule has 2 aromatic carbocycles. The van der Waals surface area contributed by atoms with Crippen molar-refractivity contribution in [2.75, 3.05) is 4.72 Å². The van der Waals surface area contributed by atoms with Gasteiger partial charge in [-0.3, -0.25) is 4.72 Å². The Morgan fingerprint density at radius 2 is 1.79 bits per heavy atom. The number of rotatable bonds is 4. The first-order valence-corrected chi connectivity index (χ1v) is 8.08. The molecule has 0 saturated carbocycles. The van der Waals surface area contributed by atoms with Gasteiger partial charge in [0.25, 0.3) is 10.0 Å². The number of carbonyl (C=O) groups is 1. The number of aromatic carboxylic acids is 1. The third kappa shape index (κ3) is 3.98. The molecule has 0 bridgehead atoms. The lowest BCUT2D eigenvalue weighted by molar-refractivity contribution is -0.255. The topological polar surface area (TPSA) is 86.3 Å². The van der Waals surface area contributed by atoms with Crippen molar-refractivity contribution in [2.24, 2.45) is 0 Å². The molecule has 128 valence electrons. The van der Waals surface area contributed by atoms with Crippen LogP contribution in [0.25, 0.3) is 0 Å². The van der Waals surface area contributed by atoms with Crippen molar-refractivity contribution < 1.29 is 31.5 Å². The third-order valence-corrected chi connectivity index (χ3v) is 4.76. The van der Waals surface area contributed by atoms with E-state index in [1.807, 2.05) is 4.72 Å². The van der Waals surface area contributed by atoms with E-state index in [0.717, 1.165) is 12.1 Å². The molecule has 0 heterocycles. The van der Waals surface area contributed by atoms with Crippen molar-refractivity contribution in [3.8, 4) is 0 Å². The highest BCUT2D eigenvalue weighted by Gasteiger charge is 2.32. The van der Waals surface area contributed by atoms with E-state index in [4.69, 9.17) is 11.6 Å². The van der Waals surface area contributed by atoms with Crippen molar-refractivity contribution in [1.29, 1.82) is 0 Å². The Kier molecular flexibility index (Phi) is 4.77. The smallest absolute Gasteiger partial charge is 0.416 e. The highest BCUT2D eigenvalue weighted by atomic mass is 35.5. The van der Waals surface area contributed by atoms with Gasteiger partial charge in [-0.1, -0.05) is 23.7 Å². The third-order valence-electron chi connectivity index (χ3n) is 2.90. The SMILES string of the molecule is O=C([O-])c1cccc(NS(=O)(=O)c2cc(C(F)(F)F)ccc2Cl)c1. The van der Waals surface area contributed by atoms with Gasteiger partial charge in [0.15, 0.2) is 0 Å². The summed E-state index contributed by atoms with van der Waals surface area (Å²) in [7, 11) is -4.46. The van der Waals surface area contributed by atoms with E-state index in [2.05, 4.69) is 0 Å². The quantitative estimate of drug-likeness (QED) is 0.885. The summed E-state index contributed by atoms with van der Waals surface area (Å²) in [4.78, 5) is 9.98. The summed E-state index contributed by atoms with van der Waals surface area (Å²) in [6.45, 7) is 0. The van der Waals surface area contributed by atoms with E-state index in [-0.39, 0.29) is 11.3 Å². The number of hydrogen-bond donors (Lipinski definition) is 1. The highest BCUT2D eigenvalue weighted by molar-refractivity contribution is 7.92. The normalized spacial score (nSPS) is 12.0. The van der Waals surface area contributed by atoms with Crippen LogP contribution in [0.1, 0.15) is 15.9 Å². The maximum atomic E-state index is 12.7. The van der Waals surface area contributed by atoms with Crippen LogP contribution in [0, 0.1) is 0 Å². The molecule has 2 rings (SSSR count). The maximum Gasteiger partial charge on any atom is 0.416 e. The van der Waals surface area contributed by atoms with Gasteiger partial charge >= 0.3 is 6.18 Å². The molecule has 5 nitrogen and oxygen atoms in total. The van der Waals surface area contributed by atoms with Gasteiger partial charge < -0.3 is 9.90 Å². The van der Waals surface area contributed by atoms with Crippen LogP contribution in [-0.2, 0) is 16.2 Å². The predicted octanol–water partition coefficient (Wildman–Crippen LogP) is 2.52. The first-order valence-electron chi connectivity index (χ1n) is 6.22. The summed E-state index contributed by atoms with van der Waals surface area (Å²) in [6.07, 6.45) is -4.75. The number of hydrogen-bond acceptors (Lipinski definition) is 4. The molecule has 0 aliphatic rings. The summed E-state index contributed by atoms with van der Waals surface area (Å²) in [5.41, 5.74) is -1.65. The second kappa shape index (κ2) is 6.33. The summed E-state index contributed by atoms with van der Waals surface area (Å²) < 4.78 is 64.7. The van der Waals surface area contributed by atoms with E-state index in [1.165, 1.54) is 18.2 Å². The molecular formula is C14H8ClF3NO4S-. The monoisotopic (exact) mass is 378 g/mol. The molecule has 24 heavy (non-hydrogen) atoms. The van der Waals surface area contributed by atoms with Crippen LogP contribution >= 0.6 is 11.6 Å². The Bertz CT molecular complexity index is 897. The fraction of sp³-hybridized carbons (Fsp3) is 0.0714. The van der Waals surface area contributed by atoms with E-state index in [1.54, 1.807) is 0 Å². The van der Waals surface area contributed by atoms with Crippen LogP contribution in [0.3, 0.4) is 0 Å². The summed E-state index contributed by atoms with van der Waals surface area (Å²) in [5.74, 6) is -1.53. The molecule has 0 aliphatic carbocycles. The number of halogens is 4. The van der Waals surface area contributed by atoms with Gasteiger partial charge in [-0.2, -0.15) is 13.2 Å². The summed E-state index contributed by atoms with van der Waals surface area (Å²) >= 11 is 5.69. The second-order valence-electron chi connectivity index (χ2n) is 4.62. The van der Waals surface area contributed by atoms with Gasteiger partial charge in [-0.05, 0) is 35.9 Å². The number of benzene rings is 2. The van der Waals surface area contributed by atoms with Crippen LogP contribution in [0.15, 0.2) is 47.4 Å². The molecule has 0 radical (unpaired) electrons.